The second-order valence-corrected chi connectivity index (χ2v) is 9.05. The van der Waals surface area contributed by atoms with Crippen molar-refractivity contribution in [2.75, 3.05) is 13.7 Å². The second kappa shape index (κ2) is 11.4. The zero-order chi connectivity index (χ0) is 23.9. The zero-order valence-corrected chi connectivity index (χ0v) is 20.0. The number of alkyl carbamates (subject to hydrolysis) is 1. The Labute approximate surface area is 198 Å². The molecule has 2 aromatic carbocycles. The van der Waals surface area contributed by atoms with Gasteiger partial charge < -0.3 is 25.2 Å². The molecule has 0 aliphatic carbocycles. The van der Waals surface area contributed by atoms with Crippen molar-refractivity contribution in [3.63, 3.8) is 0 Å². The van der Waals surface area contributed by atoms with Gasteiger partial charge in [-0.25, -0.2) is 4.79 Å². The number of rotatable bonds is 8. The summed E-state index contributed by atoms with van der Waals surface area (Å²) in [5.41, 5.74) is 0.716. The summed E-state index contributed by atoms with van der Waals surface area (Å²) in [5.74, 6) is -0.311. The van der Waals surface area contributed by atoms with E-state index >= 15 is 0 Å². The number of benzene rings is 2. The Morgan fingerprint density at radius 2 is 1.75 bits per heavy atom. The number of methoxy groups -OCH3 is 1. The minimum Gasteiger partial charge on any atom is -0.508 e. The molecule has 2 amide bonds. The highest BCUT2D eigenvalue weighted by molar-refractivity contribution is 6.35. The predicted molar refractivity (Wildman–Crippen MR) is 124 cm³/mol. The molecule has 0 saturated carbocycles. The van der Waals surface area contributed by atoms with Crippen LogP contribution in [0.3, 0.4) is 0 Å². The van der Waals surface area contributed by atoms with Crippen molar-refractivity contribution in [2.45, 2.75) is 44.9 Å². The van der Waals surface area contributed by atoms with Gasteiger partial charge in [0.1, 0.15) is 23.5 Å². The molecule has 2 rings (SSSR count). The molecule has 9 heteroatoms. The fraction of sp³-hybridized carbons (Fsp3) is 0.391. The van der Waals surface area contributed by atoms with Crippen molar-refractivity contribution in [3.05, 3.63) is 63.6 Å². The molecule has 7 nitrogen and oxygen atoms in total. The molecule has 0 spiro atoms. The number of ether oxygens (including phenoxy) is 2. The average molecular weight is 483 g/mol. The number of hydrogen-bond acceptors (Lipinski definition) is 5. The Hall–Kier alpha value is -2.48. The van der Waals surface area contributed by atoms with Crippen LogP contribution in [0.15, 0.2) is 42.5 Å². The van der Waals surface area contributed by atoms with E-state index in [0.717, 1.165) is 5.56 Å². The number of phenols is 1. The van der Waals surface area contributed by atoms with Crippen molar-refractivity contribution in [1.29, 1.82) is 0 Å². The number of hydrogen-bond donors (Lipinski definition) is 3. The summed E-state index contributed by atoms with van der Waals surface area (Å²) in [7, 11) is 1.51. The highest BCUT2D eigenvalue weighted by Crippen LogP contribution is 2.27. The van der Waals surface area contributed by atoms with Gasteiger partial charge in [0.2, 0.25) is 5.91 Å². The summed E-state index contributed by atoms with van der Waals surface area (Å²) < 4.78 is 10.8. The minimum absolute atomic E-state index is 0.109. The number of nitrogens with one attached hydrogen (secondary N) is 2. The van der Waals surface area contributed by atoms with Crippen LogP contribution in [0.1, 0.15) is 38.0 Å². The van der Waals surface area contributed by atoms with E-state index < -0.39 is 29.7 Å². The van der Waals surface area contributed by atoms with Crippen LogP contribution in [0.5, 0.6) is 5.75 Å². The summed E-state index contributed by atoms with van der Waals surface area (Å²) in [4.78, 5) is 25.3. The highest BCUT2D eigenvalue weighted by Gasteiger charge is 2.26. The fourth-order valence-electron chi connectivity index (χ4n) is 2.93. The summed E-state index contributed by atoms with van der Waals surface area (Å²) in [6.07, 6.45) is -1.02. The molecular weight excluding hydrogens is 455 g/mol. The molecule has 0 radical (unpaired) electrons. The normalized spacial score (nSPS) is 13.2. The fourth-order valence-corrected chi connectivity index (χ4v) is 3.46. The molecule has 2 unspecified atom stereocenters. The molecule has 0 aromatic heterocycles. The highest BCUT2D eigenvalue weighted by atomic mass is 35.5. The lowest BCUT2D eigenvalue weighted by Crippen LogP contribution is -2.50. The van der Waals surface area contributed by atoms with Crippen LogP contribution in [0.2, 0.25) is 10.0 Å². The molecule has 174 valence electrons. The topological polar surface area (TPSA) is 96.9 Å². The molecule has 32 heavy (non-hydrogen) atoms. The van der Waals surface area contributed by atoms with Gasteiger partial charge in [0.05, 0.1) is 0 Å². The van der Waals surface area contributed by atoms with Gasteiger partial charge in [0.15, 0.2) is 0 Å². The molecule has 2 atom stereocenters. The standard InChI is InChI=1S/C23H28Cl2N2O5/c1-23(2,3)32-22(30)27-19(11-14-5-8-16(28)9-6-14)21(29)26-13-20(31-4)17-10-7-15(24)12-18(17)25/h5-10,12,19-20,28H,11,13H2,1-4H3,(H,26,29)(H,27,30). The van der Waals surface area contributed by atoms with Gasteiger partial charge in [-0.1, -0.05) is 41.4 Å². The molecule has 0 fully saturated rings. The molecule has 3 N–H and O–H groups in total. The van der Waals surface area contributed by atoms with Crippen molar-refractivity contribution >= 4 is 35.2 Å². The Balaban J connectivity index is 2.12. The summed E-state index contributed by atoms with van der Waals surface area (Å²) >= 11 is 12.2. The molecule has 0 saturated heterocycles. The second-order valence-electron chi connectivity index (χ2n) is 8.20. The van der Waals surface area contributed by atoms with Gasteiger partial charge >= 0.3 is 6.09 Å². The Morgan fingerprint density at radius 1 is 1.09 bits per heavy atom. The van der Waals surface area contributed by atoms with Crippen LogP contribution in [0.25, 0.3) is 0 Å². The van der Waals surface area contributed by atoms with E-state index in [1.165, 1.54) is 19.2 Å². The van der Waals surface area contributed by atoms with Crippen LogP contribution in [0, 0.1) is 0 Å². The van der Waals surface area contributed by atoms with Gasteiger partial charge in [0.25, 0.3) is 0 Å². The average Bonchev–Trinajstić information content (AvgIpc) is 2.69. The van der Waals surface area contributed by atoms with Crippen LogP contribution in [-0.4, -0.2) is 42.4 Å². The molecule has 0 aliphatic heterocycles. The number of carbonyl (C=O) groups is 2. The summed E-state index contributed by atoms with van der Waals surface area (Å²) in [5, 5.41) is 15.8. The predicted octanol–water partition coefficient (Wildman–Crippen LogP) is 4.64. The van der Waals surface area contributed by atoms with Crippen molar-refractivity contribution in [3.8, 4) is 5.75 Å². The number of halogens is 2. The maximum absolute atomic E-state index is 13.0. The molecule has 2 aromatic rings. The van der Waals surface area contributed by atoms with E-state index in [4.69, 9.17) is 32.7 Å². The lowest BCUT2D eigenvalue weighted by molar-refractivity contribution is -0.123. The van der Waals surface area contributed by atoms with E-state index in [-0.39, 0.29) is 18.7 Å². The Kier molecular flexibility index (Phi) is 9.19. The quantitative estimate of drug-likeness (QED) is 0.509. The van der Waals surface area contributed by atoms with Gasteiger partial charge in [-0.05, 0) is 50.6 Å². The monoisotopic (exact) mass is 482 g/mol. The van der Waals surface area contributed by atoms with Crippen LogP contribution < -0.4 is 10.6 Å². The third-order valence-electron chi connectivity index (χ3n) is 4.44. The molecule has 0 heterocycles. The van der Waals surface area contributed by atoms with E-state index in [2.05, 4.69) is 10.6 Å². The number of amides is 2. The first-order chi connectivity index (χ1) is 15.0. The lowest BCUT2D eigenvalue weighted by Gasteiger charge is -2.24. The smallest absolute Gasteiger partial charge is 0.408 e. The van der Waals surface area contributed by atoms with Gasteiger partial charge in [0, 0.05) is 35.7 Å². The van der Waals surface area contributed by atoms with Crippen LogP contribution in [0.4, 0.5) is 4.79 Å². The van der Waals surface area contributed by atoms with E-state index in [0.29, 0.717) is 15.6 Å². The number of carbonyl (C=O) groups excluding carboxylic acids is 2. The van der Waals surface area contributed by atoms with Gasteiger partial charge in [-0.3, -0.25) is 4.79 Å². The van der Waals surface area contributed by atoms with E-state index in [1.807, 2.05) is 0 Å². The SMILES string of the molecule is COC(CNC(=O)C(Cc1ccc(O)cc1)NC(=O)OC(C)(C)C)c1ccc(Cl)cc1Cl. The summed E-state index contributed by atoms with van der Waals surface area (Å²) in [6.45, 7) is 5.33. The lowest BCUT2D eigenvalue weighted by atomic mass is 10.0. The molecule has 0 bridgehead atoms. The van der Waals surface area contributed by atoms with Gasteiger partial charge in [-0.15, -0.1) is 0 Å². The van der Waals surface area contributed by atoms with Crippen molar-refractivity contribution < 1.29 is 24.2 Å². The zero-order valence-electron chi connectivity index (χ0n) is 18.4. The first kappa shape index (κ1) is 25.8. The van der Waals surface area contributed by atoms with Crippen LogP contribution in [-0.2, 0) is 20.7 Å². The third-order valence-corrected chi connectivity index (χ3v) is 5.00. The molecular formula is C23H28Cl2N2O5. The largest absolute Gasteiger partial charge is 0.508 e. The minimum atomic E-state index is -0.910. The third kappa shape index (κ3) is 8.22. The Bertz CT molecular complexity index is 929. The van der Waals surface area contributed by atoms with E-state index in [1.54, 1.807) is 51.1 Å². The first-order valence-corrected chi connectivity index (χ1v) is 10.8. The van der Waals surface area contributed by atoms with Gasteiger partial charge in [-0.2, -0.15) is 0 Å². The summed E-state index contributed by atoms with van der Waals surface area (Å²) in [6, 6.07) is 10.5. The van der Waals surface area contributed by atoms with Crippen molar-refractivity contribution in [2.24, 2.45) is 0 Å². The van der Waals surface area contributed by atoms with E-state index in [9.17, 15) is 14.7 Å². The Morgan fingerprint density at radius 3 is 2.31 bits per heavy atom. The number of aromatic hydroxyl groups is 1. The first-order valence-electron chi connectivity index (χ1n) is 10.0. The number of phenolic OH excluding ortho intramolecular Hbond substituents is 1. The van der Waals surface area contributed by atoms with Crippen molar-refractivity contribution in [1.82, 2.24) is 10.6 Å². The maximum Gasteiger partial charge on any atom is 0.408 e. The molecule has 0 aliphatic rings. The maximum atomic E-state index is 13.0. The van der Waals surface area contributed by atoms with Crippen LogP contribution >= 0.6 is 23.2 Å².